The molecule has 0 fully saturated rings. The van der Waals surface area contributed by atoms with Crippen molar-refractivity contribution in [1.82, 2.24) is 9.55 Å². The summed E-state index contributed by atoms with van der Waals surface area (Å²) in [6, 6.07) is 10.8. The molecule has 0 saturated heterocycles. The molecule has 4 nitrogen and oxygen atoms in total. The van der Waals surface area contributed by atoms with Gasteiger partial charge in [-0.2, -0.15) is 13.2 Å². The quantitative estimate of drug-likeness (QED) is 0.470. The molecule has 1 atom stereocenters. The van der Waals surface area contributed by atoms with Gasteiger partial charge in [0.15, 0.2) is 12.1 Å². The Morgan fingerprint density at radius 2 is 2.00 bits per heavy atom. The summed E-state index contributed by atoms with van der Waals surface area (Å²) in [5.41, 5.74) is 4.18. The van der Waals surface area contributed by atoms with E-state index in [1.165, 1.54) is 12.3 Å². The lowest BCUT2D eigenvalue weighted by atomic mass is 10.1. The van der Waals surface area contributed by atoms with Gasteiger partial charge in [-0.15, -0.1) is 0 Å². The van der Waals surface area contributed by atoms with E-state index in [0.29, 0.717) is 17.5 Å². The maximum atomic E-state index is 12.7. The number of alkyl halides is 3. The predicted molar refractivity (Wildman–Crippen MR) is 110 cm³/mol. The van der Waals surface area contributed by atoms with Crippen LogP contribution in [0.15, 0.2) is 49.2 Å². The highest BCUT2D eigenvalue weighted by atomic mass is 31.1. The van der Waals surface area contributed by atoms with E-state index in [4.69, 9.17) is 0 Å². The zero-order valence-electron chi connectivity index (χ0n) is 16.0. The molecule has 0 bridgehead atoms. The summed E-state index contributed by atoms with van der Waals surface area (Å²) in [4.78, 5) is 16.8. The van der Waals surface area contributed by atoms with Gasteiger partial charge in [-0.1, -0.05) is 24.3 Å². The van der Waals surface area contributed by atoms with E-state index >= 15 is 0 Å². The van der Waals surface area contributed by atoms with Crippen molar-refractivity contribution < 1.29 is 22.7 Å². The standard InChI is InChI=1S/C21H20F3N2O2P/c1-13(2)14-4-5-15-9-19(26(3)18(15)8-14)20(27)29-11-16-6-7-17(10-25-16)28-12-21(22,23)24/h4-10,29H,1,11-12H2,2-3H3. The zero-order valence-corrected chi connectivity index (χ0v) is 17.0. The minimum Gasteiger partial charge on any atom is -0.483 e. The molecule has 0 aliphatic heterocycles. The van der Waals surface area contributed by atoms with Gasteiger partial charge in [-0.05, 0) is 45.3 Å². The van der Waals surface area contributed by atoms with Crippen LogP contribution in [0.4, 0.5) is 13.2 Å². The van der Waals surface area contributed by atoms with Crippen molar-refractivity contribution in [2.75, 3.05) is 6.61 Å². The minimum atomic E-state index is -4.39. The van der Waals surface area contributed by atoms with Gasteiger partial charge in [-0.25, -0.2) is 0 Å². The Hall–Kier alpha value is -2.66. The molecular formula is C21H20F3N2O2P. The highest BCUT2D eigenvalue weighted by Gasteiger charge is 2.28. The average Bonchev–Trinajstić information content (AvgIpc) is 3.01. The lowest BCUT2D eigenvalue weighted by Gasteiger charge is -2.09. The Kier molecular flexibility index (Phi) is 6.08. The Labute approximate surface area is 168 Å². The number of carbonyl (C=O) groups excluding carboxylic acids is 1. The van der Waals surface area contributed by atoms with Crippen molar-refractivity contribution in [3.8, 4) is 5.75 Å². The van der Waals surface area contributed by atoms with Crippen LogP contribution in [0.25, 0.3) is 16.5 Å². The minimum absolute atomic E-state index is 0.000210. The summed E-state index contributed by atoms with van der Waals surface area (Å²) in [5.74, 6) is 0.0442. The number of benzene rings is 1. The number of fused-ring (bicyclic) bond motifs is 1. The van der Waals surface area contributed by atoms with Gasteiger partial charge >= 0.3 is 6.18 Å². The Balaban J connectivity index is 1.66. The number of aromatic nitrogens is 2. The van der Waals surface area contributed by atoms with Crippen LogP contribution in [0.3, 0.4) is 0 Å². The van der Waals surface area contributed by atoms with Crippen LogP contribution in [-0.2, 0) is 13.2 Å². The van der Waals surface area contributed by atoms with Crippen LogP contribution in [0.2, 0.25) is 0 Å². The Morgan fingerprint density at radius 3 is 2.62 bits per heavy atom. The summed E-state index contributed by atoms with van der Waals surface area (Å²) in [6.45, 7) is 4.53. The van der Waals surface area contributed by atoms with Crippen molar-refractivity contribution in [2.24, 2.45) is 7.05 Å². The largest absolute Gasteiger partial charge is 0.483 e. The molecule has 0 saturated carbocycles. The summed E-state index contributed by atoms with van der Waals surface area (Å²) in [7, 11) is 1.82. The Bertz CT molecular complexity index is 1060. The number of rotatable bonds is 7. The van der Waals surface area contributed by atoms with Gasteiger partial charge in [0.05, 0.1) is 11.9 Å². The van der Waals surface area contributed by atoms with Crippen LogP contribution in [0, 0.1) is 0 Å². The van der Waals surface area contributed by atoms with E-state index in [1.54, 1.807) is 6.07 Å². The topological polar surface area (TPSA) is 44.1 Å². The molecule has 0 N–H and O–H groups in total. The van der Waals surface area contributed by atoms with E-state index in [-0.39, 0.29) is 19.9 Å². The zero-order chi connectivity index (χ0) is 21.2. The second kappa shape index (κ2) is 8.37. The van der Waals surface area contributed by atoms with Crippen molar-refractivity contribution in [3.63, 3.8) is 0 Å². The summed E-state index contributed by atoms with van der Waals surface area (Å²) < 4.78 is 43.0. The molecule has 0 amide bonds. The van der Waals surface area contributed by atoms with Gasteiger partial charge in [0.2, 0.25) is 0 Å². The third-order valence-electron chi connectivity index (χ3n) is 4.40. The molecule has 0 aliphatic carbocycles. The number of pyridine rings is 1. The molecule has 3 rings (SSSR count). The van der Waals surface area contributed by atoms with Crippen molar-refractivity contribution in [3.05, 3.63) is 66.1 Å². The van der Waals surface area contributed by atoms with Crippen LogP contribution in [0.5, 0.6) is 5.75 Å². The SMILES string of the molecule is C=C(C)c1ccc2cc(C(=O)PCc3ccc(OCC(F)(F)F)cn3)n(C)c2c1. The summed E-state index contributed by atoms with van der Waals surface area (Å²) in [5, 5.41) is 0.981. The van der Waals surface area contributed by atoms with Gasteiger partial charge in [0, 0.05) is 29.8 Å². The molecule has 0 spiro atoms. The predicted octanol–water partition coefficient (Wildman–Crippen LogP) is 5.57. The second-order valence-electron chi connectivity index (χ2n) is 6.71. The lowest BCUT2D eigenvalue weighted by molar-refractivity contribution is -0.153. The molecule has 152 valence electrons. The molecule has 3 aromatic rings. The van der Waals surface area contributed by atoms with Gasteiger partial charge in [0.1, 0.15) is 5.75 Å². The van der Waals surface area contributed by atoms with Crippen molar-refractivity contribution >= 4 is 30.6 Å². The number of allylic oxidation sites excluding steroid dienone is 1. The van der Waals surface area contributed by atoms with E-state index in [1.807, 2.05) is 42.8 Å². The number of halogens is 3. The van der Waals surface area contributed by atoms with Gasteiger partial charge < -0.3 is 9.30 Å². The number of hydrogen-bond acceptors (Lipinski definition) is 3. The van der Waals surface area contributed by atoms with E-state index in [9.17, 15) is 18.0 Å². The highest BCUT2D eigenvalue weighted by Crippen LogP contribution is 2.29. The lowest BCUT2D eigenvalue weighted by Crippen LogP contribution is -2.19. The van der Waals surface area contributed by atoms with E-state index in [2.05, 4.69) is 16.3 Å². The fraction of sp³-hybridized carbons (Fsp3) is 0.238. The van der Waals surface area contributed by atoms with Crippen molar-refractivity contribution in [2.45, 2.75) is 19.3 Å². The maximum Gasteiger partial charge on any atom is 0.422 e. The number of nitrogens with zero attached hydrogens (tertiary/aromatic N) is 2. The van der Waals surface area contributed by atoms with E-state index in [0.717, 1.165) is 22.0 Å². The molecule has 0 radical (unpaired) electrons. The Morgan fingerprint density at radius 1 is 1.24 bits per heavy atom. The maximum absolute atomic E-state index is 12.7. The molecular weight excluding hydrogens is 400 g/mol. The molecule has 8 heteroatoms. The third kappa shape index (κ3) is 5.24. The van der Waals surface area contributed by atoms with E-state index < -0.39 is 12.8 Å². The molecule has 1 unspecified atom stereocenters. The first kappa shape index (κ1) is 21.1. The summed E-state index contributed by atoms with van der Waals surface area (Å²) >= 11 is 0. The number of aryl methyl sites for hydroxylation is 1. The first-order chi connectivity index (χ1) is 13.6. The molecule has 0 aliphatic rings. The van der Waals surface area contributed by atoms with Gasteiger partial charge in [-0.3, -0.25) is 9.78 Å². The first-order valence-electron chi connectivity index (χ1n) is 8.82. The molecule has 2 aromatic heterocycles. The number of hydrogen-bond donors (Lipinski definition) is 0. The van der Waals surface area contributed by atoms with Crippen LogP contribution >= 0.6 is 8.58 Å². The smallest absolute Gasteiger partial charge is 0.422 e. The average molecular weight is 420 g/mol. The van der Waals surface area contributed by atoms with Crippen LogP contribution < -0.4 is 4.74 Å². The van der Waals surface area contributed by atoms with Crippen molar-refractivity contribution in [1.29, 1.82) is 0 Å². The fourth-order valence-corrected chi connectivity index (χ4v) is 3.81. The molecule has 1 aromatic carbocycles. The fourth-order valence-electron chi connectivity index (χ4n) is 2.84. The third-order valence-corrected chi connectivity index (χ3v) is 5.52. The van der Waals surface area contributed by atoms with Crippen LogP contribution in [0.1, 0.15) is 28.7 Å². The first-order valence-corrected chi connectivity index (χ1v) is 10.0. The van der Waals surface area contributed by atoms with Gasteiger partial charge in [0.25, 0.3) is 0 Å². The number of ether oxygens (including phenoxy) is 1. The second-order valence-corrected chi connectivity index (χ2v) is 7.88. The normalized spacial score (nSPS) is 12.0. The monoisotopic (exact) mass is 420 g/mol. The highest BCUT2D eigenvalue weighted by molar-refractivity contribution is 7.58. The molecule has 29 heavy (non-hydrogen) atoms. The van der Waals surface area contributed by atoms with Crippen LogP contribution in [-0.4, -0.2) is 27.9 Å². The number of carbonyl (C=O) groups is 1. The molecule has 2 heterocycles. The summed E-state index contributed by atoms with van der Waals surface area (Å²) in [6.07, 6.45) is -2.74.